The van der Waals surface area contributed by atoms with Gasteiger partial charge in [0.05, 0.1) is 7.11 Å². The molecule has 2 aromatic carbocycles. The molecule has 0 atom stereocenters. The molecule has 2 rings (SSSR count). The Morgan fingerprint density at radius 2 is 1.87 bits per heavy atom. The lowest BCUT2D eigenvalue weighted by Crippen LogP contribution is -2.19. The first-order chi connectivity index (χ1) is 11.0. The summed E-state index contributed by atoms with van der Waals surface area (Å²) in [6.45, 7) is 1.26. The van der Waals surface area contributed by atoms with E-state index in [1.807, 2.05) is 19.2 Å². The van der Waals surface area contributed by atoms with Gasteiger partial charge in [-0.2, -0.15) is 0 Å². The van der Waals surface area contributed by atoms with Gasteiger partial charge in [-0.15, -0.1) is 0 Å². The fraction of sp³-hybridized carbons (Fsp3) is 0.278. The third kappa shape index (κ3) is 4.53. The zero-order valence-corrected chi connectivity index (χ0v) is 13.6. The largest absolute Gasteiger partial charge is 0.496 e. The normalized spacial score (nSPS) is 10.7. The first-order valence-corrected chi connectivity index (χ1v) is 7.35. The lowest BCUT2D eigenvalue weighted by atomic mass is 10.1. The van der Waals surface area contributed by atoms with E-state index >= 15 is 0 Å². The monoisotopic (exact) mass is 316 g/mol. The van der Waals surface area contributed by atoms with Gasteiger partial charge < -0.3 is 10.1 Å². The summed E-state index contributed by atoms with van der Waals surface area (Å²) >= 11 is 0. The second-order valence-electron chi connectivity index (χ2n) is 5.40. The van der Waals surface area contributed by atoms with Gasteiger partial charge in [-0.25, -0.2) is 4.39 Å². The van der Waals surface area contributed by atoms with Gasteiger partial charge >= 0.3 is 0 Å². The third-order valence-electron chi connectivity index (χ3n) is 3.58. The van der Waals surface area contributed by atoms with Crippen molar-refractivity contribution in [3.63, 3.8) is 0 Å². The highest BCUT2D eigenvalue weighted by atomic mass is 19.1. The molecule has 0 bridgehead atoms. The molecule has 122 valence electrons. The molecule has 0 heterocycles. The van der Waals surface area contributed by atoms with Gasteiger partial charge in [0.15, 0.2) is 0 Å². The number of ether oxygens (including phenoxy) is 1. The van der Waals surface area contributed by atoms with Gasteiger partial charge in [-0.1, -0.05) is 12.1 Å². The van der Waals surface area contributed by atoms with Crippen LogP contribution in [-0.4, -0.2) is 32.0 Å². The van der Waals surface area contributed by atoms with Crippen molar-refractivity contribution in [2.45, 2.75) is 13.1 Å². The molecule has 0 saturated heterocycles. The zero-order chi connectivity index (χ0) is 16.8. The minimum Gasteiger partial charge on any atom is -0.496 e. The van der Waals surface area contributed by atoms with Crippen LogP contribution in [0.1, 0.15) is 21.5 Å². The number of hydrogen-bond acceptors (Lipinski definition) is 3. The van der Waals surface area contributed by atoms with Crippen LogP contribution < -0.4 is 10.1 Å². The van der Waals surface area contributed by atoms with Crippen LogP contribution in [-0.2, 0) is 13.1 Å². The lowest BCUT2D eigenvalue weighted by molar-refractivity contribution is 0.0963. The Morgan fingerprint density at radius 3 is 2.48 bits per heavy atom. The highest BCUT2D eigenvalue weighted by Gasteiger charge is 2.09. The van der Waals surface area contributed by atoms with Gasteiger partial charge in [-0.3, -0.25) is 9.69 Å². The number of benzene rings is 2. The maximum atomic E-state index is 13.4. The molecular weight excluding hydrogens is 295 g/mol. The average molecular weight is 316 g/mol. The molecule has 23 heavy (non-hydrogen) atoms. The van der Waals surface area contributed by atoms with E-state index in [0.717, 1.165) is 11.1 Å². The van der Waals surface area contributed by atoms with E-state index in [0.29, 0.717) is 24.4 Å². The Hall–Kier alpha value is -2.40. The molecule has 0 spiro atoms. The van der Waals surface area contributed by atoms with Crippen molar-refractivity contribution in [1.82, 2.24) is 10.2 Å². The molecular formula is C18H21FN2O2. The SMILES string of the molecule is CNC(=O)c1ccc(CN(C)Cc2cc(F)ccc2OC)cc1. The zero-order valence-electron chi connectivity index (χ0n) is 13.6. The number of carbonyl (C=O) groups excluding carboxylic acids is 1. The fourth-order valence-electron chi connectivity index (χ4n) is 2.43. The van der Waals surface area contributed by atoms with Crippen LogP contribution >= 0.6 is 0 Å². The summed E-state index contributed by atoms with van der Waals surface area (Å²) in [6, 6.07) is 11.9. The summed E-state index contributed by atoms with van der Waals surface area (Å²) in [5.41, 5.74) is 2.51. The van der Waals surface area contributed by atoms with Crippen LogP contribution in [0.4, 0.5) is 4.39 Å². The van der Waals surface area contributed by atoms with Gasteiger partial charge in [0, 0.05) is 31.3 Å². The summed E-state index contributed by atoms with van der Waals surface area (Å²) in [6.07, 6.45) is 0. The summed E-state index contributed by atoms with van der Waals surface area (Å²) < 4.78 is 18.7. The predicted molar refractivity (Wildman–Crippen MR) is 88.0 cm³/mol. The van der Waals surface area contributed by atoms with Crippen molar-refractivity contribution in [2.24, 2.45) is 0 Å². The molecule has 0 radical (unpaired) electrons. The summed E-state index contributed by atoms with van der Waals surface area (Å²) in [7, 11) is 5.14. The van der Waals surface area contributed by atoms with Crippen molar-refractivity contribution >= 4 is 5.91 Å². The van der Waals surface area contributed by atoms with Gasteiger partial charge in [0.1, 0.15) is 11.6 Å². The van der Waals surface area contributed by atoms with E-state index < -0.39 is 0 Å². The molecule has 5 heteroatoms. The van der Waals surface area contributed by atoms with Crippen LogP contribution in [0.15, 0.2) is 42.5 Å². The molecule has 2 aromatic rings. The second-order valence-corrected chi connectivity index (χ2v) is 5.40. The molecule has 0 aliphatic heterocycles. The molecule has 1 N–H and O–H groups in total. The average Bonchev–Trinajstić information content (AvgIpc) is 2.55. The minimum absolute atomic E-state index is 0.102. The van der Waals surface area contributed by atoms with Crippen molar-refractivity contribution in [3.8, 4) is 5.75 Å². The van der Waals surface area contributed by atoms with E-state index in [-0.39, 0.29) is 11.7 Å². The molecule has 0 aliphatic rings. The molecule has 1 amide bonds. The molecule has 0 saturated carbocycles. The Labute approximate surface area is 135 Å². The standard InChI is InChI=1S/C18H21FN2O2/c1-20-18(22)14-6-4-13(5-7-14)11-21(2)12-15-10-16(19)8-9-17(15)23-3/h4-10H,11-12H2,1-3H3,(H,20,22). The predicted octanol–water partition coefficient (Wildman–Crippen LogP) is 2.83. The van der Waals surface area contributed by atoms with Gasteiger partial charge in [0.2, 0.25) is 0 Å². The Bertz CT molecular complexity index is 671. The number of nitrogens with zero attached hydrogens (tertiary/aromatic N) is 1. The topological polar surface area (TPSA) is 41.6 Å². The summed E-state index contributed by atoms with van der Waals surface area (Å²) in [4.78, 5) is 13.6. The molecule has 0 aliphatic carbocycles. The number of amides is 1. The number of methoxy groups -OCH3 is 1. The van der Waals surface area contributed by atoms with Crippen LogP contribution in [0.3, 0.4) is 0 Å². The van der Waals surface area contributed by atoms with Crippen LogP contribution in [0.25, 0.3) is 0 Å². The number of rotatable bonds is 6. The minimum atomic E-state index is -0.274. The first kappa shape index (κ1) is 17.0. The van der Waals surface area contributed by atoms with Crippen molar-refractivity contribution in [2.75, 3.05) is 21.2 Å². The van der Waals surface area contributed by atoms with Crippen LogP contribution in [0, 0.1) is 5.82 Å². The number of hydrogen-bond donors (Lipinski definition) is 1. The summed E-state index contributed by atoms with van der Waals surface area (Å²) in [5, 5.41) is 2.59. The smallest absolute Gasteiger partial charge is 0.251 e. The van der Waals surface area contributed by atoms with E-state index in [4.69, 9.17) is 4.74 Å². The van der Waals surface area contributed by atoms with E-state index in [1.54, 1.807) is 32.4 Å². The van der Waals surface area contributed by atoms with Crippen LogP contribution in [0.5, 0.6) is 5.75 Å². The van der Waals surface area contributed by atoms with Crippen molar-refractivity contribution in [3.05, 3.63) is 65.0 Å². The maximum absolute atomic E-state index is 13.4. The summed E-state index contributed by atoms with van der Waals surface area (Å²) in [5.74, 6) is 0.298. The fourth-order valence-corrected chi connectivity index (χ4v) is 2.43. The van der Waals surface area contributed by atoms with Gasteiger partial charge in [-0.05, 0) is 42.9 Å². The Kier molecular flexibility index (Phi) is 5.71. The molecule has 0 fully saturated rings. The van der Waals surface area contributed by atoms with E-state index in [2.05, 4.69) is 10.2 Å². The van der Waals surface area contributed by atoms with Crippen molar-refractivity contribution in [1.29, 1.82) is 0 Å². The third-order valence-corrected chi connectivity index (χ3v) is 3.58. The van der Waals surface area contributed by atoms with Crippen LogP contribution in [0.2, 0.25) is 0 Å². The maximum Gasteiger partial charge on any atom is 0.251 e. The highest BCUT2D eigenvalue weighted by molar-refractivity contribution is 5.93. The first-order valence-electron chi connectivity index (χ1n) is 7.35. The molecule has 0 unspecified atom stereocenters. The van der Waals surface area contributed by atoms with E-state index in [9.17, 15) is 9.18 Å². The molecule has 0 aromatic heterocycles. The highest BCUT2D eigenvalue weighted by Crippen LogP contribution is 2.21. The number of nitrogens with one attached hydrogen (secondary N) is 1. The number of carbonyl (C=O) groups is 1. The van der Waals surface area contributed by atoms with Gasteiger partial charge in [0.25, 0.3) is 5.91 Å². The lowest BCUT2D eigenvalue weighted by Gasteiger charge is -2.18. The number of halogens is 1. The van der Waals surface area contributed by atoms with E-state index in [1.165, 1.54) is 12.1 Å². The Morgan fingerprint density at radius 1 is 1.17 bits per heavy atom. The second kappa shape index (κ2) is 7.74. The quantitative estimate of drug-likeness (QED) is 0.891. The Balaban J connectivity index is 2.03. The molecule has 4 nitrogen and oxygen atoms in total. The van der Waals surface area contributed by atoms with Crippen molar-refractivity contribution < 1.29 is 13.9 Å².